The van der Waals surface area contributed by atoms with Gasteiger partial charge >= 0.3 is 6.18 Å². The summed E-state index contributed by atoms with van der Waals surface area (Å²) in [5, 5.41) is 0. The van der Waals surface area contributed by atoms with Crippen molar-refractivity contribution in [2.24, 2.45) is 35.5 Å². The molecule has 2 saturated heterocycles. The van der Waals surface area contributed by atoms with Gasteiger partial charge in [-0.15, -0.1) is 0 Å². The van der Waals surface area contributed by atoms with Crippen LogP contribution in [0.1, 0.15) is 65.2 Å². The molecule has 0 bridgehead atoms. The number of likely N-dealkylation sites (tertiary alicyclic amines) is 1. The van der Waals surface area contributed by atoms with Crippen LogP contribution < -0.4 is 10.9 Å². The number of nitrogens with zero attached hydrogens (tertiary/aromatic N) is 1. The summed E-state index contributed by atoms with van der Waals surface area (Å²) >= 11 is 0. The summed E-state index contributed by atoms with van der Waals surface area (Å²) in [6, 6.07) is 0.615. The number of amides is 1. The summed E-state index contributed by atoms with van der Waals surface area (Å²) in [4.78, 5) is 14.9. The highest BCUT2D eigenvalue weighted by atomic mass is 19.4. The van der Waals surface area contributed by atoms with E-state index in [9.17, 15) is 18.0 Å². The zero-order valence-electron chi connectivity index (χ0n) is 17.7. The lowest BCUT2D eigenvalue weighted by Crippen LogP contribution is -2.42. The fraction of sp³-hybridized carbons (Fsp3) is 0.955. The first kappa shape index (κ1) is 21.4. The van der Waals surface area contributed by atoms with Crippen LogP contribution in [0, 0.1) is 35.5 Å². The Morgan fingerprint density at radius 2 is 1.93 bits per heavy atom. The maximum absolute atomic E-state index is 13.5. The van der Waals surface area contributed by atoms with Crippen molar-refractivity contribution in [1.29, 1.82) is 0 Å². The van der Waals surface area contributed by atoms with Crippen molar-refractivity contribution in [1.82, 2.24) is 15.8 Å². The number of fused-ring (bicyclic) bond motifs is 1. The normalized spacial score (nSPS) is 42.2. The van der Waals surface area contributed by atoms with Crippen LogP contribution in [0.2, 0.25) is 0 Å². The number of hydrogen-bond donors (Lipinski definition) is 2. The van der Waals surface area contributed by atoms with Gasteiger partial charge in [-0.25, -0.2) is 0 Å². The van der Waals surface area contributed by atoms with Gasteiger partial charge in [0.05, 0.1) is 5.92 Å². The molecule has 0 aromatic carbocycles. The SMILES string of the molecule is CC1CNNC1C[C@@H](C)C1CCCC(N2CC3C(CCCC3C(F)(F)F)C2=O)C1. The molecule has 8 atom stereocenters. The van der Waals surface area contributed by atoms with Crippen LogP contribution in [0.5, 0.6) is 0 Å². The first-order valence-corrected chi connectivity index (χ1v) is 11.6. The number of hydrogen-bond acceptors (Lipinski definition) is 3. The molecule has 1 amide bonds. The Labute approximate surface area is 172 Å². The number of hydrazine groups is 1. The molecule has 2 N–H and O–H groups in total. The summed E-state index contributed by atoms with van der Waals surface area (Å²) in [5.74, 6) is -0.489. The molecule has 166 valence electrons. The second kappa shape index (κ2) is 8.37. The van der Waals surface area contributed by atoms with E-state index in [1.807, 2.05) is 4.90 Å². The first-order chi connectivity index (χ1) is 13.8. The number of halogens is 3. The second-order valence-corrected chi connectivity index (χ2v) is 10.2. The minimum absolute atomic E-state index is 0.0116. The molecule has 2 heterocycles. The summed E-state index contributed by atoms with van der Waals surface area (Å²) < 4.78 is 40.6. The third kappa shape index (κ3) is 4.32. The third-order valence-corrected chi connectivity index (χ3v) is 8.45. The van der Waals surface area contributed by atoms with Crippen LogP contribution in [0.4, 0.5) is 13.2 Å². The van der Waals surface area contributed by atoms with Crippen LogP contribution >= 0.6 is 0 Å². The highest BCUT2D eigenvalue weighted by Crippen LogP contribution is 2.49. The van der Waals surface area contributed by atoms with Gasteiger partial charge in [0, 0.05) is 31.1 Å². The molecule has 4 nitrogen and oxygen atoms in total. The van der Waals surface area contributed by atoms with Gasteiger partial charge in [-0.3, -0.25) is 15.6 Å². The largest absolute Gasteiger partial charge is 0.392 e. The first-order valence-electron chi connectivity index (χ1n) is 11.6. The molecule has 2 aliphatic heterocycles. The maximum Gasteiger partial charge on any atom is 0.392 e. The van der Waals surface area contributed by atoms with E-state index in [1.54, 1.807) is 0 Å². The van der Waals surface area contributed by atoms with E-state index in [0.29, 0.717) is 43.2 Å². The smallest absolute Gasteiger partial charge is 0.339 e. The monoisotopic (exact) mass is 415 g/mol. The minimum atomic E-state index is -4.18. The summed E-state index contributed by atoms with van der Waals surface area (Å²) in [6.07, 6.45) is 2.44. The van der Waals surface area contributed by atoms with E-state index in [-0.39, 0.29) is 18.4 Å². The van der Waals surface area contributed by atoms with Crippen molar-refractivity contribution < 1.29 is 18.0 Å². The van der Waals surface area contributed by atoms with Crippen LogP contribution in [-0.4, -0.2) is 42.2 Å². The van der Waals surface area contributed by atoms with Gasteiger partial charge in [-0.1, -0.05) is 33.1 Å². The highest BCUT2D eigenvalue weighted by Gasteiger charge is 2.55. The van der Waals surface area contributed by atoms with Crippen molar-refractivity contribution in [3.8, 4) is 0 Å². The predicted octanol–water partition coefficient (Wildman–Crippen LogP) is 4.12. The van der Waals surface area contributed by atoms with E-state index in [1.165, 1.54) is 6.42 Å². The number of carbonyl (C=O) groups excluding carboxylic acids is 1. The summed E-state index contributed by atoms with van der Waals surface area (Å²) in [7, 11) is 0. The predicted molar refractivity (Wildman–Crippen MR) is 106 cm³/mol. The summed E-state index contributed by atoms with van der Waals surface area (Å²) in [5.41, 5.74) is 6.62. The molecular weight excluding hydrogens is 379 g/mol. The van der Waals surface area contributed by atoms with Crippen LogP contribution in [0.25, 0.3) is 0 Å². The van der Waals surface area contributed by atoms with E-state index < -0.39 is 23.9 Å². The Hall–Kier alpha value is -0.820. The van der Waals surface area contributed by atoms with Crippen molar-refractivity contribution >= 4 is 5.91 Å². The number of alkyl halides is 3. The highest BCUT2D eigenvalue weighted by molar-refractivity contribution is 5.82. The third-order valence-electron chi connectivity index (χ3n) is 8.45. The molecule has 0 aromatic rings. The zero-order valence-corrected chi connectivity index (χ0v) is 17.7. The van der Waals surface area contributed by atoms with Gasteiger partial charge in [0.2, 0.25) is 5.91 Å². The molecule has 7 heteroatoms. The average Bonchev–Trinajstić information content (AvgIpc) is 3.24. The van der Waals surface area contributed by atoms with Gasteiger partial charge in [0.15, 0.2) is 0 Å². The van der Waals surface area contributed by atoms with Crippen molar-refractivity contribution in [2.45, 2.75) is 83.5 Å². The van der Waals surface area contributed by atoms with Crippen molar-refractivity contribution in [3.05, 3.63) is 0 Å². The van der Waals surface area contributed by atoms with Gasteiger partial charge < -0.3 is 4.90 Å². The van der Waals surface area contributed by atoms with E-state index in [2.05, 4.69) is 24.7 Å². The van der Waals surface area contributed by atoms with Gasteiger partial charge in [0.1, 0.15) is 0 Å². The van der Waals surface area contributed by atoms with E-state index in [4.69, 9.17) is 0 Å². The summed E-state index contributed by atoms with van der Waals surface area (Å²) in [6.45, 7) is 5.89. The number of nitrogens with one attached hydrogen (secondary N) is 2. The van der Waals surface area contributed by atoms with E-state index in [0.717, 1.165) is 32.2 Å². The van der Waals surface area contributed by atoms with Crippen LogP contribution in [0.15, 0.2) is 0 Å². The minimum Gasteiger partial charge on any atom is -0.339 e. The van der Waals surface area contributed by atoms with Gasteiger partial charge in [-0.2, -0.15) is 13.2 Å². The number of rotatable bonds is 4. The Kier molecular flexibility index (Phi) is 6.18. The molecule has 4 fully saturated rings. The molecule has 2 aliphatic carbocycles. The average molecular weight is 416 g/mol. The number of carbonyl (C=O) groups is 1. The lowest BCUT2D eigenvalue weighted by Gasteiger charge is -2.39. The molecule has 0 radical (unpaired) electrons. The molecule has 4 aliphatic rings. The van der Waals surface area contributed by atoms with E-state index >= 15 is 0 Å². The molecule has 2 saturated carbocycles. The molecule has 0 aromatic heterocycles. The van der Waals surface area contributed by atoms with Gasteiger partial charge in [-0.05, 0) is 55.8 Å². The lowest BCUT2D eigenvalue weighted by molar-refractivity contribution is -0.198. The zero-order chi connectivity index (χ0) is 20.8. The molecule has 29 heavy (non-hydrogen) atoms. The van der Waals surface area contributed by atoms with Crippen molar-refractivity contribution in [2.75, 3.05) is 13.1 Å². The molecular formula is C22H36F3N3O. The fourth-order valence-electron chi connectivity index (χ4n) is 6.61. The van der Waals surface area contributed by atoms with Crippen molar-refractivity contribution in [3.63, 3.8) is 0 Å². The quantitative estimate of drug-likeness (QED) is 0.726. The molecule has 7 unspecified atom stereocenters. The molecule has 0 spiro atoms. The topological polar surface area (TPSA) is 44.4 Å². The Morgan fingerprint density at radius 3 is 2.62 bits per heavy atom. The standard InChI is InChI=1S/C22H36F3N3O/c1-13(9-20-14(2)11-26-27-20)15-5-3-6-16(10-15)28-12-18-17(21(28)29)7-4-8-19(18)22(23,24)25/h13-20,26-27H,3-12H2,1-2H3/t13-,14?,15?,16?,17?,18?,19?,20?/m1/s1. The second-order valence-electron chi connectivity index (χ2n) is 10.2. The Balaban J connectivity index is 1.40. The maximum atomic E-state index is 13.5. The van der Waals surface area contributed by atoms with Crippen LogP contribution in [0.3, 0.4) is 0 Å². The lowest BCUT2D eigenvalue weighted by atomic mass is 9.73. The van der Waals surface area contributed by atoms with Crippen LogP contribution in [-0.2, 0) is 4.79 Å². The van der Waals surface area contributed by atoms with Gasteiger partial charge in [0.25, 0.3) is 0 Å². The molecule has 4 rings (SSSR count). The Bertz CT molecular complexity index is 598. The fourth-order valence-corrected chi connectivity index (χ4v) is 6.61. The Morgan fingerprint density at radius 1 is 1.17 bits per heavy atom.